The molecule has 1 aliphatic rings. The summed E-state index contributed by atoms with van der Waals surface area (Å²) in [4.78, 5) is 18.6. The van der Waals surface area contributed by atoms with Crippen molar-refractivity contribution in [1.82, 2.24) is 24.8 Å². The lowest BCUT2D eigenvalue weighted by molar-refractivity contribution is -0.134. The number of hydrogen-bond acceptors (Lipinski definition) is 6. The summed E-state index contributed by atoms with van der Waals surface area (Å²) >= 11 is 0. The second kappa shape index (κ2) is 7.35. The van der Waals surface area contributed by atoms with Gasteiger partial charge in [-0.3, -0.25) is 4.79 Å². The van der Waals surface area contributed by atoms with Gasteiger partial charge in [0.05, 0.1) is 24.6 Å². The Kier molecular flexibility index (Phi) is 5.17. The number of likely N-dealkylation sites (N-methyl/N-ethyl adjacent to an activating group) is 1. The lowest BCUT2D eigenvalue weighted by atomic mass is 9.99. The summed E-state index contributed by atoms with van der Waals surface area (Å²) in [6.07, 6.45) is 6.80. The van der Waals surface area contributed by atoms with Gasteiger partial charge in [0.1, 0.15) is 17.2 Å². The third-order valence-corrected chi connectivity index (χ3v) is 5.21. The monoisotopic (exact) mass is 347 g/mol. The second-order valence-electron chi connectivity index (χ2n) is 6.77. The lowest BCUT2D eigenvalue weighted by Gasteiger charge is -2.35. The van der Waals surface area contributed by atoms with Crippen molar-refractivity contribution in [2.75, 3.05) is 7.05 Å². The zero-order chi connectivity index (χ0) is 18.0. The van der Waals surface area contributed by atoms with Crippen molar-refractivity contribution in [3.8, 4) is 0 Å². The Hall–Kier alpha value is -2.22. The van der Waals surface area contributed by atoms with Crippen molar-refractivity contribution in [3.05, 3.63) is 29.6 Å². The third kappa shape index (κ3) is 3.58. The molecule has 1 fully saturated rings. The Labute approximate surface area is 146 Å². The fourth-order valence-corrected chi connectivity index (χ4v) is 3.63. The predicted molar refractivity (Wildman–Crippen MR) is 89.8 cm³/mol. The van der Waals surface area contributed by atoms with Crippen molar-refractivity contribution >= 4 is 5.91 Å². The number of aliphatic hydroxyl groups is 1. The summed E-state index contributed by atoms with van der Waals surface area (Å²) in [7, 11) is 1.75. The number of rotatable bonds is 4. The highest BCUT2D eigenvalue weighted by molar-refractivity contribution is 5.78. The zero-order valence-electron chi connectivity index (χ0n) is 14.9. The summed E-state index contributed by atoms with van der Waals surface area (Å²) in [6, 6.07) is -0.303. The number of carbonyl (C=O) groups excluding carboxylic acids is 1. The number of amides is 1. The maximum absolute atomic E-state index is 12.7. The molecule has 0 aromatic carbocycles. The molecule has 0 aliphatic heterocycles. The van der Waals surface area contributed by atoms with Crippen LogP contribution in [0.15, 0.2) is 17.0 Å². The van der Waals surface area contributed by atoms with E-state index in [0.717, 1.165) is 31.5 Å². The van der Waals surface area contributed by atoms with E-state index in [1.54, 1.807) is 25.1 Å². The predicted octanol–water partition coefficient (Wildman–Crippen LogP) is 1.43. The van der Waals surface area contributed by atoms with Crippen LogP contribution in [0.5, 0.6) is 0 Å². The number of nitrogens with zero attached hydrogens (tertiary/aromatic N) is 5. The van der Waals surface area contributed by atoms with E-state index in [0.29, 0.717) is 11.4 Å². The molecule has 136 valence electrons. The topological polar surface area (TPSA) is 97.3 Å². The molecule has 8 heteroatoms. The highest BCUT2D eigenvalue weighted by Gasteiger charge is 2.35. The minimum Gasteiger partial charge on any atom is -0.389 e. The molecule has 1 N–H and O–H groups in total. The van der Waals surface area contributed by atoms with Crippen LogP contribution in [0.1, 0.15) is 48.9 Å². The average Bonchev–Trinajstić information content (AvgIpc) is 3.13. The Morgan fingerprint density at radius 3 is 2.76 bits per heavy atom. The van der Waals surface area contributed by atoms with Crippen LogP contribution >= 0.6 is 0 Å². The normalized spacial score (nSPS) is 24.1. The summed E-state index contributed by atoms with van der Waals surface area (Å²) in [6.45, 7) is 3.69. The zero-order valence-corrected chi connectivity index (χ0v) is 14.9. The molecule has 0 spiro atoms. The van der Waals surface area contributed by atoms with Gasteiger partial charge in [-0.15, -0.1) is 0 Å². The molecular formula is C17H25N5O3. The Balaban J connectivity index is 1.76. The van der Waals surface area contributed by atoms with Crippen molar-refractivity contribution < 1.29 is 14.5 Å². The van der Waals surface area contributed by atoms with E-state index in [1.807, 2.05) is 17.7 Å². The molecule has 0 bridgehead atoms. The molecule has 1 aliphatic carbocycles. The number of aromatic nitrogens is 4. The standard InChI is InChI=1S/C17H25N5O3/c1-11-13(20-25-19-11)10-16(23)21(3)14-6-4-5-7-15(17(14)24)22-9-8-18-12(22)2/h8-9,14-15,17,24H,4-7,10H2,1-3H3/t14-,15-,17-/m1/s1. The molecule has 2 heterocycles. The van der Waals surface area contributed by atoms with Gasteiger partial charge in [0.25, 0.3) is 0 Å². The molecule has 3 atom stereocenters. The van der Waals surface area contributed by atoms with Crippen molar-refractivity contribution in [3.63, 3.8) is 0 Å². The minimum atomic E-state index is -0.638. The van der Waals surface area contributed by atoms with Crippen LogP contribution in [0, 0.1) is 13.8 Å². The average molecular weight is 347 g/mol. The van der Waals surface area contributed by atoms with E-state index >= 15 is 0 Å². The number of aryl methyl sites for hydroxylation is 2. The number of hydrogen-bond donors (Lipinski definition) is 1. The quantitative estimate of drug-likeness (QED) is 0.840. The van der Waals surface area contributed by atoms with Gasteiger partial charge in [-0.25, -0.2) is 9.61 Å². The summed E-state index contributed by atoms with van der Waals surface area (Å²) in [5.74, 6) is 0.786. The van der Waals surface area contributed by atoms with Crippen LogP contribution in [-0.4, -0.2) is 55.0 Å². The molecule has 0 unspecified atom stereocenters. The molecule has 1 saturated carbocycles. The number of carbonyl (C=O) groups is 1. The maximum atomic E-state index is 12.7. The van der Waals surface area contributed by atoms with Crippen LogP contribution in [-0.2, 0) is 11.2 Å². The van der Waals surface area contributed by atoms with Crippen LogP contribution in [0.25, 0.3) is 0 Å². The molecule has 2 aromatic heterocycles. The Bertz CT molecular complexity index is 725. The van der Waals surface area contributed by atoms with E-state index in [2.05, 4.69) is 19.9 Å². The Morgan fingerprint density at radius 1 is 1.36 bits per heavy atom. The molecule has 1 amide bonds. The molecule has 8 nitrogen and oxygen atoms in total. The van der Waals surface area contributed by atoms with Crippen LogP contribution in [0.4, 0.5) is 0 Å². The first-order valence-corrected chi connectivity index (χ1v) is 8.70. The number of imidazole rings is 1. The fourth-order valence-electron chi connectivity index (χ4n) is 3.63. The summed E-state index contributed by atoms with van der Waals surface area (Å²) in [5.41, 5.74) is 1.16. The smallest absolute Gasteiger partial charge is 0.228 e. The first-order valence-electron chi connectivity index (χ1n) is 8.70. The molecule has 3 rings (SSSR count). The molecule has 2 aromatic rings. The first kappa shape index (κ1) is 17.6. The van der Waals surface area contributed by atoms with Crippen molar-refractivity contribution in [2.45, 2.75) is 64.1 Å². The second-order valence-corrected chi connectivity index (χ2v) is 6.77. The van der Waals surface area contributed by atoms with Crippen molar-refractivity contribution in [1.29, 1.82) is 0 Å². The molecule has 0 saturated heterocycles. The van der Waals surface area contributed by atoms with Gasteiger partial charge in [0.15, 0.2) is 0 Å². The summed E-state index contributed by atoms with van der Waals surface area (Å²) in [5, 5.41) is 18.5. The highest BCUT2D eigenvalue weighted by atomic mass is 16.6. The van der Waals surface area contributed by atoms with Gasteiger partial charge < -0.3 is 14.6 Å². The molecular weight excluding hydrogens is 322 g/mol. The van der Waals surface area contributed by atoms with E-state index in [4.69, 9.17) is 0 Å². The lowest BCUT2D eigenvalue weighted by Crippen LogP contribution is -2.47. The van der Waals surface area contributed by atoms with Gasteiger partial charge in [-0.1, -0.05) is 23.2 Å². The summed E-state index contributed by atoms with van der Waals surface area (Å²) < 4.78 is 6.68. The Morgan fingerprint density at radius 2 is 2.12 bits per heavy atom. The largest absolute Gasteiger partial charge is 0.389 e. The van der Waals surface area contributed by atoms with Crippen LogP contribution in [0.3, 0.4) is 0 Å². The first-order chi connectivity index (χ1) is 12.0. The van der Waals surface area contributed by atoms with Crippen LogP contribution < -0.4 is 0 Å². The van der Waals surface area contributed by atoms with Gasteiger partial charge in [-0.2, -0.15) is 0 Å². The SMILES string of the molecule is Cc1nonc1CC(=O)N(C)[C@@H]1CCCC[C@@H](n2ccnc2C)[C@@H]1O. The van der Waals surface area contributed by atoms with Gasteiger partial charge in [0.2, 0.25) is 5.91 Å². The highest BCUT2D eigenvalue weighted by Crippen LogP contribution is 2.31. The van der Waals surface area contributed by atoms with Gasteiger partial charge in [0, 0.05) is 19.4 Å². The van der Waals surface area contributed by atoms with E-state index in [-0.39, 0.29) is 24.4 Å². The molecule has 0 radical (unpaired) electrons. The van der Waals surface area contributed by atoms with Crippen molar-refractivity contribution in [2.24, 2.45) is 0 Å². The molecule has 25 heavy (non-hydrogen) atoms. The maximum Gasteiger partial charge on any atom is 0.228 e. The van der Waals surface area contributed by atoms with Gasteiger partial charge in [-0.05, 0) is 26.7 Å². The fraction of sp³-hybridized carbons (Fsp3) is 0.647. The minimum absolute atomic E-state index is 0.0688. The van der Waals surface area contributed by atoms with E-state index in [9.17, 15) is 9.90 Å². The third-order valence-electron chi connectivity index (χ3n) is 5.21. The van der Waals surface area contributed by atoms with Crippen LogP contribution in [0.2, 0.25) is 0 Å². The van der Waals surface area contributed by atoms with E-state index < -0.39 is 6.10 Å². The number of aliphatic hydroxyl groups excluding tert-OH is 1. The van der Waals surface area contributed by atoms with Gasteiger partial charge >= 0.3 is 0 Å². The van der Waals surface area contributed by atoms with E-state index in [1.165, 1.54) is 0 Å².